The predicted octanol–water partition coefficient (Wildman–Crippen LogP) is 3.37. The Labute approximate surface area is 152 Å². The van der Waals surface area contributed by atoms with Crippen molar-refractivity contribution in [2.24, 2.45) is 0 Å². The van der Waals surface area contributed by atoms with Gasteiger partial charge in [0.2, 0.25) is 11.0 Å². The summed E-state index contributed by atoms with van der Waals surface area (Å²) in [7, 11) is 0. The molecule has 0 unspecified atom stereocenters. The molecule has 0 radical (unpaired) electrons. The molecule has 1 saturated carbocycles. The number of carbonyl (C=O) groups excluding carboxylic acids is 1. The van der Waals surface area contributed by atoms with E-state index in [4.69, 9.17) is 0 Å². The van der Waals surface area contributed by atoms with E-state index in [2.05, 4.69) is 20.8 Å². The van der Waals surface area contributed by atoms with Gasteiger partial charge in [0, 0.05) is 12.1 Å². The summed E-state index contributed by atoms with van der Waals surface area (Å²) >= 11 is 2.66. The first-order valence-electron chi connectivity index (χ1n) is 7.70. The SMILES string of the molecule is Cc1cc(NC(=O)CSc2nnc(NC3CC3)s2)c([N+](=O)[O-])cc1C. The maximum absolute atomic E-state index is 12.1. The standard InChI is InChI=1S/C15H17N5O3S2/c1-8-5-11(12(20(22)23)6-9(8)2)17-13(21)7-24-15-19-18-14(25-15)16-10-3-4-10/h5-6,10H,3-4,7H2,1-2H3,(H,16,18)(H,17,21). The molecule has 1 amide bonds. The molecule has 1 aromatic carbocycles. The van der Waals surface area contributed by atoms with E-state index in [0.717, 1.165) is 29.1 Å². The highest BCUT2D eigenvalue weighted by molar-refractivity contribution is 8.01. The molecule has 1 aliphatic carbocycles. The summed E-state index contributed by atoms with van der Waals surface area (Å²) in [5.41, 5.74) is 1.80. The second kappa shape index (κ2) is 7.36. The van der Waals surface area contributed by atoms with Crippen LogP contribution in [0.15, 0.2) is 16.5 Å². The molecule has 8 nitrogen and oxygen atoms in total. The fraction of sp³-hybridized carbons (Fsp3) is 0.400. The van der Waals surface area contributed by atoms with Crippen LogP contribution >= 0.6 is 23.1 Å². The van der Waals surface area contributed by atoms with Crippen molar-refractivity contribution >= 4 is 45.5 Å². The molecule has 1 heterocycles. The van der Waals surface area contributed by atoms with Gasteiger partial charge in [-0.05, 0) is 43.9 Å². The van der Waals surface area contributed by atoms with E-state index in [1.165, 1.54) is 29.2 Å². The lowest BCUT2D eigenvalue weighted by Gasteiger charge is -2.08. The number of hydrogen-bond acceptors (Lipinski definition) is 8. The number of thioether (sulfide) groups is 1. The third kappa shape index (κ3) is 4.67. The van der Waals surface area contributed by atoms with E-state index in [9.17, 15) is 14.9 Å². The van der Waals surface area contributed by atoms with Gasteiger partial charge in [-0.15, -0.1) is 10.2 Å². The van der Waals surface area contributed by atoms with Gasteiger partial charge in [0.1, 0.15) is 5.69 Å². The molecule has 2 aromatic rings. The zero-order valence-corrected chi connectivity index (χ0v) is 15.4. The minimum Gasteiger partial charge on any atom is -0.357 e. The van der Waals surface area contributed by atoms with Crippen LogP contribution in [0.2, 0.25) is 0 Å². The number of nitrogens with zero attached hydrogens (tertiary/aromatic N) is 3. The lowest BCUT2D eigenvalue weighted by Crippen LogP contribution is -2.15. The molecule has 132 valence electrons. The van der Waals surface area contributed by atoms with E-state index < -0.39 is 4.92 Å². The molecule has 0 saturated heterocycles. The van der Waals surface area contributed by atoms with Gasteiger partial charge in [0.15, 0.2) is 4.34 Å². The average Bonchev–Trinajstić information content (AvgIpc) is 3.25. The zero-order valence-electron chi connectivity index (χ0n) is 13.7. The molecular weight excluding hydrogens is 362 g/mol. The molecule has 10 heteroatoms. The molecular formula is C15H17N5O3S2. The quantitative estimate of drug-likeness (QED) is 0.431. The number of nitro benzene ring substituents is 1. The van der Waals surface area contributed by atoms with Crippen LogP contribution in [0, 0.1) is 24.0 Å². The first kappa shape index (κ1) is 17.6. The normalized spacial score (nSPS) is 13.5. The van der Waals surface area contributed by atoms with Gasteiger partial charge in [0.05, 0.1) is 10.7 Å². The molecule has 0 bridgehead atoms. The van der Waals surface area contributed by atoms with Gasteiger partial charge in [-0.1, -0.05) is 23.1 Å². The third-order valence-corrected chi connectivity index (χ3v) is 5.71. The van der Waals surface area contributed by atoms with Gasteiger partial charge in [-0.25, -0.2) is 0 Å². The van der Waals surface area contributed by atoms with Gasteiger partial charge >= 0.3 is 0 Å². The number of aromatic nitrogens is 2. The summed E-state index contributed by atoms with van der Waals surface area (Å²) in [4.78, 5) is 22.8. The number of aryl methyl sites for hydroxylation is 2. The Morgan fingerprint density at radius 2 is 2.08 bits per heavy atom. The van der Waals surface area contributed by atoms with Crippen molar-refractivity contribution in [3.63, 3.8) is 0 Å². The number of hydrogen-bond donors (Lipinski definition) is 2. The first-order chi connectivity index (χ1) is 11.9. The number of nitrogens with one attached hydrogen (secondary N) is 2. The molecule has 1 aliphatic rings. The van der Waals surface area contributed by atoms with Crippen molar-refractivity contribution in [2.45, 2.75) is 37.1 Å². The Morgan fingerprint density at radius 1 is 1.36 bits per heavy atom. The van der Waals surface area contributed by atoms with Crippen LogP contribution in [0.4, 0.5) is 16.5 Å². The Kier molecular flexibility index (Phi) is 5.19. The van der Waals surface area contributed by atoms with Crippen molar-refractivity contribution in [3.05, 3.63) is 33.4 Å². The summed E-state index contributed by atoms with van der Waals surface area (Å²) in [6.07, 6.45) is 2.30. The number of anilines is 2. The van der Waals surface area contributed by atoms with Crippen molar-refractivity contribution in [1.82, 2.24) is 10.2 Å². The monoisotopic (exact) mass is 379 g/mol. The number of carbonyl (C=O) groups is 1. The van der Waals surface area contributed by atoms with E-state index in [1.807, 2.05) is 6.92 Å². The maximum atomic E-state index is 12.1. The molecule has 0 atom stereocenters. The van der Waals surface area contributed by atoms with Gasteiger partial charge in [0.25, 0.3) is 5.69 Å². The fourth-order valence-corrected chi connectivity index (χ4v) is 3.72. The minimum absolute atomic E-state index is 0.103. The highest BCUT2D eigenvalue weighted by Gasteiger charge is 2.22. The van der Waals surface area contributed by atoms with Crippen LogP contribution in [0.25, 0.3) is 0 Å². The largest absolute Gasteiger partial charge is 0.357 e. The minimum atomic E-state index is -0.490. The topological polar surface area (TPSA) is 110 Å². The van der Waals surface area contributed by atoms with E-state index in [1.54, 1.807) is 13.0 Å². The predicted molar refractivity (Wildman–Crippen MR) is 98.5 cm³/mol. The lowest BCUT2D eigenvalue weighted by molar-refractivity contribution is -0.384. The Bertz CT molecular complexity index is 819. The number of nitro groups is 1. The average molecular weight is 379 g/mol. The van der Waals surface area contributed by atoms with Crippen LogP contribution < -0.4 is 10.6 Å². The summed E-state index contributed by atoms with van der Waals surface area (Å²) in [5, 5.41) is 25.9. The van der Waals surface area contributed by atoms with Gasteiger partial charge < -0.3 is 10.6 Å². The van der Waals surface area contributed by atoms with Crippen molar-refractivity contribution < 1.29 is 9.72 Å². The third-order valence-electron chi connectivity index (χ3n) is 3.72. The second-order valence-corrected chi connectivity index (χ2v) is 8.04. The van der Waals surface area contributed by atoms with Gasteiger partial charge in [-0.3, -0.25) is 14.9 Å². The highest BCUT2D eigenvalue weighted by Crippen LogP contribution is 2.31. The summed E-state index contributed by atoms with van der Waals surface area (Å²) in [5.74, 6) is -0.203. The summed E-state index contributed by atoms with van der Waals surface area (Å²) in [6.45, 7) is 3.64. The fourth-order valence-electron chi connectivity index (χ4n) is 2.09. The zero-order chi connectivity index (χ0) is 18.0. The van der Waals surface area contributed by atoms with E-state index in [-0.39, 0.29) is 23.0 Å². The van der Waals surface area contributed by atoms with Crippen molar-refractivity contribution in [2.75, 3.05) is 16.4 Å². The smallest absolute Gasteiger partial charge is 0.293 e. The van der Waals surface area contributed by atoms with Crippen LogP contribution in [0.1, 0.15) is 24.0 Å². The molecule has 0 aliphatic heterocycles. The molecule has 25 heavy (non-hydrogen) atoms. The van der Waals surface area contributed by atoms with Crippen LogP contribution in [-0.2, 0) is 4.79 Å². The highest BCUT2D eigenvalue weighted by atomic mass is 32.2. The molecule has 3 rings (SSSR count). The number of rotatable bonds is 7. The Hall–Kier alpha value is -2.20. The van der Waals surface area contributed by atoms with Crippen LogP contribution in [0.5, 0.6) is 0 Å². The summed E-state index contributed by atoms with van der Waals surface area (Å²) < 4.78 is 0.688. The first-order valence-corrected chi connectivity index (χ1v) is 9.51. The van der Waals surface area contributed by atoms with E-state index in [0.29, 0.717) is 10.4 Å². The maximum Gasteiger partial charge on any atom is 0.293 e. The molecule has 2 N–H and O–H groups in total. The van der Waals surface area contributed by atoms with Crippen molar-refractivity contribution in [3.8, 4) is 0 Å². The second-order valence-electron chi connectivity index (χ2n) is 5.84. The Balaban J connectivity index is 1.59. The van der Waals surface area contributed by atoms with Crippen LogP contribution in [-0.4, -0.2) is 32.8 Å². The lowest BCUT2D eigenvalue weighted by atomic mass is 10.1. The summed E-state index contributed by atoms with van der Waals surface area (Å²) in [6, 6.07) is 3.59. The number of benzene rings is 1. The number of amides is 1. The Morgan fingerprint density at radius 3 is 2.76 bits per heavy atom. The molecule has 0 spiro atoms. The van der Waals surface area contributed by atoms with E-state index >= 15 is 0 Å². The van der Waals surface area contributed by atoms with Gasteiger partial charge in [-0.2, -0.15) is 0 Å². The van der Waals surface area contributed by atoms with Crippen LogP contribution in [0.3, 0.4) is 0 Å². The molecule has 1 aromatic heterocycles. The molecule has 1 fully saturated rings. The van der Waals surface area contributed by atoms with Crippen molar-refractivity contribution in [1.29, 1.82) is 0 Å².